The summed E-state index contributed by atoms with van der Waals surface area (Å²) in [6, 6.07) is 6.96. The molecule has 0 aliphatic heterocycles. The lowest BCUT2D eigenvalue weighted by atomic mass is 9.98. The van der Waals surface area contributed by atoms with E-state index in [1.807, 2.05) is 39.8 Å². The summed E-state index contributed by atoms with van der Waals surface area (Å²) in [5.41, 5.74) is 2.48. The van der Waals surface area contributed by atoms with Crippen LogP contribution in [0.1, 0.15) is 38.8 Å². The van der Waals surface area contributed by atoms with Crippen LogP contribution in [0, 0.1) is 5.92 Å². The van der Waals surface area contributed by atoms with Crippen molar-refractivity contribution in [2.75, 3.05) is 21.3 Å². The predicted molar refractivity (Wildman–Crippen MR) is 136 cm³/mol. The fraction of sp³-hybridized carbons (Fsp3) is 0.321. The molecule has 3 rings (SSSR count). The molecule has 1 N–H and O–H groups in total. The molecule has 0 amide bonds. The maximum Gasteiger partial charge on any atom is 0.200 e. The number of hydrogen-bond donors (Lipinski definition) is 1. The van der Waals surface area contributed by atoms with Crippen molar-refractivity contribution in [1.29, 1.82) is 0 Å². The van der Waals surface area contributed by atoms with Gasteiger partial charge in [0.1, 0.15) is 39.7 Å². The van der Waals surface area contributed by atoms with Gasteiger partial charge in [0, 0.05) is 17.7 Å². The first-order valence-electron chi connectivity index (χ1n) is 11.1. The second kappa shape index (κ2) is 10.5. The van der Waals surface area contributed by atoms with E-state index in [2.05, 4.69) is 0 Å². The molecule has 0 bridgehead atoms. The number of allylic oxidation sites excluding steroid dienone is 3. The molecule has 180 valence electrons. The van der Waals surface area contributed by atoms with Gasteiger partial charge in [0.05, 0.1) is 32.5 Å². The number of fused-ring (bicyclic) bond motifs is 1. The van der Waals surface area contributed by atoms with E-state index in [1.165, 1.54) is 7.11 Å². The van der Waals surface area contributed by atoms with Crippen LogP contribution in [0.2, 0.25) is 0 Å². The lowest BCUT2D eigenvalue weighted by Gasteiger charge is -2.16. The van der Waals surface area contributed by atoms with Gasteiger partial charge in [-0.2, -0.15) is 0 Å². The molecule has 6 nitrogen and oxygen atoms in total. The number of methoxy groups -OCH3 is 3. The highest BCUT2D eigenvalue weighted by Crippen LogP contribution is 2.40. The van der Waals surface area contributed by atoms with Crippen molar-refractivity contribution in [1.82, 2.24) is 0 Å². The van der Waals surface area contributed by atoms with Crippen LogP contribution in [0.25, 0.3) is 28.4 Å². The summed E-state index contributed by atoms with van der Waals surface area (Å²) in [6.45, 7) is 7.99. The first-order valence-corrected chi connectivity index (χ1v) is 11.1. The molecule has 0 aliphatic carbocycles. The van der Waals surface area contributed by atoms with Crippen LogP contribution >= 0.6 is 0 Å². The first-order chi connectivity index (χ1) is 16.2. The standard InChI is InChI=1S/C28H32O6/c1-16(2)8-11-19-23(33-7)15-24-25(26(19)29)27(30)21(12-9-17(3)4)28(34-24)20-13-10-18(31-5)14-22(20)32-6/h8-11,13-16,29H,12H2,1-7H3. The molecule has 3 aromatic rings. The zero-order chi connectivity index (χ0) is 25.0. The molecule has 0 fully saturated rings. The third-order valence-electron chi connectivity index (χ3n) is 5.49. The minimum atomic E-state index is -0.300. The van der Waals surface area contributed by atoms with Gasteiger partial charge in [-0.25, -0.2) is 0 Å². The lowest BCUT2D eigenvalue weighted by molar-refractivity contribution is 0.394. The van der Waals surface area contributed by atoms with Gasteiger partial charge < -0.3 is 23.7 Å². The van der Waals surface area contributed by atoms with E-state index in [0.29, 0.717) is 46.1 Å². The van der Waals surface area contributed by atoms with Crippen molar-refractivity contribution in [3.63, 3.8) is 0 Å². The molecule has 6 heteroatoms. The smallest absolute Gasteiger partial charge is 0.200 e. The fourth-order valence-electron chi connectivity index (χ4n) is 3.68. The van der Waals surface area contributed by atoms with Crippen molar-refractivity contribution in [2.45, 2.75) is 34.1 Å². The molecular weight excluding hydrogens is 432 g/mol. The molecule has 0 aliphatic rings. The zero-order valence-electron chi connectivity index (χ0n) is 20.8. The fourth-order valence-corrected chi connectivity index (χ4v) is 3.68. The van der Waals surface area contributed by atoms with E-state index in [-0.39, 0.29) is 28.1 Å². The molecular formula is C28H32O6. The van der Waals surface area contributed by atoms with Gasteiger partial charge in [0.15, 0.2) is 0 Å². The van der Waals surface area contributed by atoms with Gasteiger partial charge in [-0.1, -0.05) is 37.6 Å². The Labute approximate surface area is 200 Å². The summed E-state index contributed by atoms with van der Waals surface area (Å²) in [5.74, 6) is 2.01. The van der Waals surface area contributed by atoms with Crippen LogP contribution in [-0.4, -0.2) is 26.4 Å². The minimum Gasteiger partial charge on any atom is -0.506 e. The minimum absolute atomic E-state index is 0.123. The van der Waals surface area contributed by atoms with Crippen LogP contribution in [0.15, 0.2) is 51.2 Å². The molecule has 1 heterocycles. The maximum absolute atomic E-state index is 13.8. The van der Waals surface area contributed by atoms with Crippen molar-refractivity contribution >= 4 is 17.0 Å². The molecule has 0 atom stereocenters. The van der Waals surface area contributed by atoms with Crippen molar-refractivity contribution in [3.8, 4) is 34.3 Å². The Morgan fingerprint density at radius 3 is 2.35 bits per heavy atom. The van der Waals surface area contributed by atoms with E-state index in [1.54, 1.807) is 44.6 Å². The normalized spacial score (nSPS) is 11.3. The van der Waals surface area contributed by atoms with Gasteiger partial charge in [-0.15, -0.1) is 0 Å². The highest BCUT2D eigenvalue weighted by molar-refractivity contribution is 5.92. The number of ether oxygens (including phenoxy) is 3. The molecule has 0 saturated heterocycles. The van der Waals surface area contributed by atoms with Gasteiger partial charge in [-0.05, 0) is 38.3 Å². The quantitative estimate of drug-likeness (QED) is 0.390. The Balaban J connectivity index is 2.42. The third kappa shape index (κ3) is 4.96. The van der Waals surface area contributed by atoms with Crippen LogP contribution in [-0.2, 0) is 6.42 Å². The summed E-state index contributed by atoms with van der Waals surface area (Å²) >= 11 is 0. The van der Waals surface area contributed by atoms with Crippen molar-refractivity contribution < 1.29 is 23.7 Å². The summed E-state index contributed by atoms with van der Waals surface area (Å²) in [6.07, 6.45) is 6.01. The third-order valence-corrected chi connectivity index (χ3v) is 5.49. The van der Waals surface area contributed by atoms with E-state index in [0.717, 1.165) is 5.57 Å². The lowest BCUT2D eigenvalue weighted by Crippen LogP contribution is -2.12. The average Bonchev–Trinajstić information content (AvgIpc) is 2.81. The average molecular weight is 465 g/mol. The summed E-state index contributed by atoms with van der Waals surface area (Å²) in [7, 11) is 4.64. The number of aromatic hydroxyl groups is 1. The van der Waals surface area contributed by atoms with E-state index >= 15 is 0 Å². The number of benzene rings is 2. The molecule has 0 unspecified atom stereocenters. The topological polar surface area (TPSA) is 78.1 Å². The predicted octanol–water partition coefficient (Wildman–Crippen LogP) is 6.37. The van der Waals surface area contributed by atoms with Crippen molar-refractivity contribution in [2.24, 2.45) is 5.92 Å². The second-order valence-electron chi connectivity index (χ2n) is 8.61. The summed E-state index contributed by atoms with van der Waals surface area (Å²) in [5, 5.41) is 11.3. The molecule has 0 spiro atoms. The van der Waals surface area contributed by atoms with Crippen LogP contribution in [0.5, 0.6) is 23.0 Å². The molecule has 2 aromatic carbocycles. The maximum atomic E-state index is 13.8. The summed E-state index contributed by atoms with van der Waals surface area (Å²) < 4.78 is 22.7. The van der Waals surface area contributed by atoms with Gasteiger partial charge in [0.25, 0.3) is 0 Å². The molecule has 1 aromatic heterocycles. The number of phenolic OH excluding ortho intramolecular Hbond substituents is 1. The van der Waals surface area contributed by atoms with Gasteiger partial charge >= 0.3 is 0 Å². The second-order valence-corrected chi connectivity index (χ2v) is 8.61. The summed E-state index contributed by atoms with van der Waals surface area (Å²) in [4.78, 5) is 13.8. The Morgan fingerprint density at radius 1 is 1.06 bits per heavy atom. The van der Waals surface area contributed by atoms with E-state index < -0.39 is 0 Å². The van der Waals surface area contributed by atoms with E-state index in [9.17, 15) is 9.90 Å². The Hall–Kier alpha value is -3.67. The van der Waals surface area contributed by atoms with Gasteiger partial charge in [-0.3, -0.25) is 4.79 Å². The Kier molecular flexibility index (Phi) is 7.72. The molecule has 0 saturated carbocycles. The monoisotopic (exact) mass is 464 g/mol. The number of phenols is 1. The molecule has 0 radical (unpaired) electrons. The van der Waals surface area contributed by atoms with Crippen LogP contribution in [0.4, 0.5) is 0 Å². The Morgan fingerprint density at radius 2 is 1.76 bits per heavy atom. The van der Waals surface area contributed by atoms with E-state index in [4.69, 9.17) is 18.6 Å². The van der Waals surface area contributed by atoms with Crippen LogP contribution in [0.3, 0.4) is 0 Å². The highest BCUT2D eigenvalue weighted by Gasteiger charge is 2.23. The highest BCUT2D eigenvalue weighted by atomic mass is 16.5. The van der Waals surface area contributed by atoms with Crippen molar-refractivity contribution in [3.05, 3.63) is 63.3 Å². The zero-order valence-corrected chi connectivity index (χ0v) is 20.8. The van der Waals surface area contributed by atoms with Gasteiger partial charge in [0.2, 0.25) is 5.43 Å². The van der Waals surface area contributed by atoms with Crippen LogP contribution < -0.4 is 19.6 Å². The Bertz CT molecular complexity index is 1310. The number of rotatable bonds is 8. The SMILES string of the molecule is COc1ccc(-c2oc3cc(OC)c(C=CC(C)C)c(O)c3c(=O)c2CC=C(C)C)c(OC)c1. The number of hydrogen-bond acceptors (Lipinski definition) is 6. The largest absolute Gasteiger partial charge is 0.506 e. The molecule has 34 heavy (non-hydrogen) atoms. The first kappa shape index (κ1) is 25.0.